The maximum Gasteiger partial charge on any atom is 0.145 e. The van der Waals surface area contributed by atoms with Gasteiger partial charge in [-0.1, -0.05) is 6.07 Å². The highest BCUT2D eigenvalue weighted by Crippen LogP contribution is 2.34. The summed E-state index contributed by atoms with van der Waals surface area (Å²) in [6, 6.07) is 4.40. The standard InChI is InChI=1S/C11H16N2O/c1-7-8-3-4-10(12)11(14-2)9(8)5-6-13-7/h3-4,7,13H,5-6,12H2,1-2H3. The molecule has 0 radical (unpaired) electrons. The van der Waals surface area contributed by atoms with Crippen LogP contribution in [0.15, 0.2) is 12.1 Å². The molecule has 1 aliphatic heterocycles. The van der Waals surface area contributed by atoms with Crippen LogP contribution in [0.25, 0.3) is 0 Å². The summed E-state index contributed by atoms with van der Waals surface area (Å²) in [5.41, 5.74) is 9.16. The van der Waals surface area contributed by atoms with Gasteiger partial charge >= 0.3 is 0 Å². The van der Waals surface area contributed by atoms with E-state index in [-0.39, 0.29) is 0 Å². The number of anilines is 1. The topological polar surface area (TPSA) is 47.3 Å². The molecule has 1 aromatic carbocycles. The van der Waals surface area contributed by atoms with Crippen LogP contribution in [0.3, 0.4) is 0 Å². The van der Waals surface area contributed by atoms with E-state index < -0.39 is 0 Å². The summed E-state index contributed by atoms with van der Waals surface area (Å²) in [4.78, 5) is 0. The molecule has 1 aliphatic rings. The number of nitrogens with one attached hydrogen (secondary N) is 1. The fourth-order valence-corrected chi connectivity index (χ4v) is 2.09. The maximum absolute atomic E-state index is 5.86. The molecule has 2 rings (SSSR count). The minimum Gasteiger partial charge on any atom is -0.494 e. The predicted molar refractivity (Wildman–Crippen MR) is 57.5 cm³/mol. The first-order chi connectivity index (χ1) is 6.74. The van der Waals surface area contributed by atoms with Crippen LogP contribution >= 0.6 is 0 Å². The summed E-state index contributed by atoms with van der Waals surface area (Å²) in [6.07, 6.45) is 0.994. The molecule has 3 nitrogen and oxygen atoms in total. The van der Waals surface area contributed by atoms with Crippen molar-refractivity contribution in [3.63, 3.8) is 0 Å². The van der Waals surface area contributed by atoms with Gasteiger partial charge in [-0.15, -0.1) is 0 Å². The van der Waals surface area contributed by atoms with Crippen molar-refractivity contribution in [2.75, 3.05) is 19.4 Å². The van der Waals surface area contributed by atoms with E-state index in [9.17, 15) is 0 Å². The van der Waals surface area contributed by atoms with Crippen molar-refractivity contribution in [2.45, 2.75) is 19.4 Å². The quantitative estimate of drug-likeness (QED) is 0.663. The molecule has 0 spiro atoms. The summed E-state index contributed by atoms with van der Waals surface area (Å²) in [6.45, 7) is 3.15. The van der Waals surface area contributed by atoms with Crippen LogP contribution in [0.2, 0.25) is 0 Å². The Morgan fingerprint density at radius 2 is 2.29 bits per heavy atom. The van der Waals surface area contributed by atoms with Gasteiger partial charge in [-0.3, -0.25) is 0 Å². The molecule has 1 heterocycles. The Morgan fingerprint density at radius 1 is 1.50 bits per heavy atom. The van der Waals surface area contributed by atoms with Crippen molar-refractivity contribution in [3.8, 4) is 5.75 Å². The molecule has 1 atom stereocenters. The van der Waals surface area contributed by atoms with Gasteiger partial charge in [0, 0.05) is 11.6 Å². The Balaban J connectivity index is 2.55. The van der Waals surface area contributed by atoms with Gasteiger partial charge in [0.05, 0.1) is 12.8 Å². The second kappa shape index (κ2) is 3.50. The first-order valence-electron chi connectivity index (χ1n) is 4.92. The number of fused-ring (bicyclic) bond motifs is 1. The van der Waals surface area contributed by atoms with E-state index in [1.807, 2.05) is 6.07 Å². The van der Waals surface area contributed by atoms with Gasteiger partial charge in [0.2, 0.25) is 0 Å². The number of nitrogen functional groups attached to an aromatic ring is 1. The van der Waals surface area contributed by atoms with Crippen molar-refractivity contribution >= 4 is 5.69 Å². The van der Waals surface area contributed by atoms with Gasteiger partial charge in [-0.2, -0.15) is 0 Å². The Hall–Kier alpha value is -1.22. The smallest absolute Gasteiger partial charge is 0.145 e. The highest BCUT2D eigenvalue weighted by atomic mass is 16.5. The summed E-state index contributed by atoms with van der Waals surface area (Å²) in [7, 11) is 1.68. The van der Waals surface area contributed by atoms with Gasteiger partial charge in [0.1, 0.15) is 5.75 Å². The Kier molecular flexibility index (Phi) is 2.33. The normalized spacial score (nSPS) is 20.3. The Bertz CT molecular complexity index is 349. The minimum atomic E-state index is 0.397. The number of rotatable bonds is 1. The van der Waals surface area contributed by atoms with Crippen LogP contribution in [0.4, 0.5) is 5.69 Å². The summed E-state index contributed by atoms with van der Waals surface area (Å²) >= 11 is 0. The molecule has 0 aliphatic carbocycles. The zero-order valence-corrected chi connectivity index (χ0v) is 8.63. The number of methoxy groups -OCH3 is 1. The zero-order valence-electron chi connectivity index (χ0n) is 8.63. The van der Waals surface area contributed by atoms with Crippen LogP contribution in [0.5, 0.6) is 5.75 Å². The number of hydrogen-bond donors (Lipinski definition) is 2. The van der Waals surface area contributed by atoms with Gasteiger partial charge < -0.3 is 15.8 Å². The number of ether oxygens (including phenoxy) is 1. The van der Waals surface area contributed by atoms with Gasteiger partial charge in [-0.05, 0) is 31.5 Å². The van der Waals surface area contributed by atoms with Crippen LogP contribution in [-0.4, -0.2) is 13.7 Å². The fourth-order valence-electron chi connectivity index (χ4n) is 2.09. The molecule has 3 N–H and O–H groups in total. The average molecular weight is 192 g/mol. The number of nitrogens with two attached hydrogens (primary N) is 1. The lowest BCUT2D eigenvalue weighted by Crippen LogP contribution is -2.28. The summed E-state index contributed by atoms with van der Waals surface area (Å²) in [5.74, 6) is 0.857. The monoisotopic (exact) mass is 192 g/mol. The van der Waals surface area contributed by atoms with E-state index in [0.717, 1.165) is 24.4 Å². The summed E-state index contributed by atoms with van der Waals surface area (Å²) < 4.78 is 5.34. The molecule has 0 saturated carbocycles. The van der Waals surface area contributed by atoms with Gasteiger partial charge in [0.25, 0.3) is 0 Å². The minimum absolute atomic E-state index is 0.397. The molecule has 14 heavy (non-hydrogen) atoms. The predicted octanol–water partition coefficient (Wildman–Crippen LogP) is 1.48. The van der Waals surface area contributed by atoms with E-state index in [1.54, 1.807) is 7.11 Å². The fraction of sp³-hybridized carbons (Fsp3) is 0.455. The van der Waals surface area contributed by atoms with E-state index in [2.05, 4.69) is 18.3 Å². The third-order valence-electron chi connectivity index (χ3n) is 2.82. The van der Waals surface area contributed by atoms with E-state index in [4.69, 9.17) is 10.5 Å². The molecule has 1 unspecified atom stereocenters. The molecule has 0 amide bonds. The average Bonchev–Trinajstić information content (AvgIpc) is 2.18. The van der Waals surface area contributed by atoms with Crippen molar-refractivity contribution in [1.29, 1.82) is 0 Å². The maximum atomic E-state index is 5.86. The highest BCUT2D eigenvalue weighted by Gasteiger charge is 2.20. The van der Waals surface area contributed by atoms with E-state index in [0.29, 0.717) is 6.04 Å². The second-order valence-electron chi connectivity index (χ2n) is 3.68. The lowest BCUT2D eigenvalue weighted by molar-refractivity contribution is 0.404. The molecular weight excluding hydrogens is 176 g/mol. The SMILES string of the molecule is COc1c(N)ccc2c1CCNC2C. The Morgan fingerprint density at radius 3 is 3.00 bits per heavy atom. The van der Waals surface area contributed by atoms with Crippen LogP contribution < -0.4 is 15.8 Å². The lowest BCUT2D eigenvalue weighted by Gasteiger charge is -2.26. The van der Waals surface area contributed by atoms with Crippen molar-refractivity contribution < 1.29 is 4.74 Å². The highest BCUT2D eigenvalue weighted by molar-refractivity contribution is 5.60. The van der Waals surface area contributed by atoms with Crippen molar-refractivity contribution in [1.82, 2.24) is 5.32 Å². The van der Waals surface area contributed by atoms with E-state index in [1.165, 1.54) is 11.1 Å². The first-order valence-corrected chi connectivity index (χ1v) is 4.92. The van der Waals surface area contributed by atoms with Gasteiger partial charge in [0.15, 0.2) is 0 Å². The second-order valence-corrected chi connectivity index (χ2v) is 3.68. The van der Waals surface area contributed by atoms with Gasteiger partial charge in [-0.25, -0.2) is 0 Å². The molecule has 3 heteroatoms. The van der Waals surface area contributed by atoms with Crippen LogP contribution in [0.1, 0.15) is 24.1 Å². The molecule has 0 aromatic heterocycles. The first kappa shape index (κ1) is 9.34. The van der Waals surface area contributed by atoms with Crippen molar-refractivity contribution in [2.24, 2.45) is 0 Å². The molecule has 1 aromatic rings. The van der Waals surface area contributed by atoms with E-state index >= 15 is 0 Å². The number of hydrogen-bond acceptors (Lipinski definition) is 3. The Labute approximate surface area is 84.3 Å². The molecule has 0 saturated heterocycles. The molecular formula is C11H16N2O. The number of benzene rings is 1. The van der Waals surface area contributed by atoms with Crippen LogP contribution in [-0.2, 0) is 6.42 Å². The third-order valence-corrected chi connectivity index (χ3v) is 2.82. The molecule has 0 bridgehead atoms. The third kappa shape index (κ3) is 1.34. The zero-order chi connectivity index (χ0) is 10.1. The van der Waals surface area contributed by atoms with Crippen LogP contribution in [0, 0.1) is 0 Å². The lowest BCUT2D eigenvalue weighted by atomic mass is 9.94. The summed E-state index contributed by atoms with van der Waals surface area (Å²) in [5, 5.41) is 3.41. The molecule has 0 fully saturated rings. The van der Waals surface area contributed by atoms with Crippen molar-refractivity contribution in [3.05, 3.63) is 23.3 Å². The molecule has 76 valence electrons. The largest absolute Gasteiger partial charge is 0.494 e.